The summed E-state index contributed by atoms with van der Waals surface area (Å²) in [5.41, 5.74) is 2.23. The average Bonchev–Trinajstić information content (AvgIpc) is 2.77. The van der Waals surface area contributed by atoms with Crippen LogP contribution in [0.1, 0.15) is 33.1 Å². The lowest BCUT2D eigenvalue weighted by molar-refractivity contribution is 0.0367. The molecule has 2 aliphatic carbocycles. The van der Waals surface area contributed by atoms with Gasteiger partial charge in [-0.1, -0.05) is 26.5 Å². The average molecular weight is 234 g/mol. The van der Waals surface area contributed by atoms with Crippen LogP contribution < -0.4 is 0 Å². The summed E-state index contributed by atoms with van der Waals surface area (Å²) in [5, 5.41) is 10.4. The first-order valence-electron chi connectivity index (χ1n) is 6.70. The Morgan fingerprint density at radius 3 is 3.00 bits per heavy atom. The van der Waals surface area contributed by atoms with Gasteiger partial charge in [-0.3, -0.25) is 0 Å². The summed E-state index contributed by atoms with van der Waals surface area (Å²) in [6, 6.07) is 0. The molecule has 17 heavy (non-hydrogen) atoms. The Balaban J connectivity index is 2.01. The van der Waals surface area contributed by atoms with Crippen molar-refractivity contribution in [2.75, 3.05) is 6.61 Å². The molecule has 1 saturated carbocycles. The standard InChI is InChI=1S/C15H22O2/c1-9-5-4-6-10-8-17-14-12(10)11(13(9)16)7-15(14,2)3/h7,10,12-14,16H,1,4-6,8H2,2-3H3/t10-,12+,13+,14+/m1/s1. The fourth-order valence-corrected chi connectivity index (χ4v) is 3.90. The van der Waals surface area contributed by atoms with Gasteiger partial charge in [-0.25, -0.2) is 0 Å². The Hall–Kier alpha value is -0.600. The molecule has 4 atom stereocenters. The lowest BCUT2D eigenvalue weighted by Crippen LogP contribution is -2.31. The summed E-state index contributed by atoms with van der Waals surface area (Å²) in [6.45, 7) is 9.35. The molecule has 1 aliphatic heterocycles. The number of rotatable bonds is 0. The van der Waals surface area contributed by atoms with Crippen molar-refractivity contribution >= 4 is 0 Å². The second-order valence-corrected chi connectivity index (χ2v) is 6.46. The van der Waals surface area contributed by atoms with E-state index in [1.165, 1.54) is 12.0 Å². The van der Waals surface area contributed by atoms with Crippen molar-refractivity contribution in [1.82, 2.24) is 0 Å². The van der Waals surface area contributed by atoms with Crippen LogP contribution in [-0.2, 0) is 4.74 Å². The highest BCUT2D eigenvalue weighted by molar-refractivity contribution is 5.34. The third-order valence-corrected chi connectivity index (χ3v) is 4.76. The Morgan fingerprint density at radius 2 is 2.24 bits per heavy atom. The molecule has 0 unspecified atom stereocenters. The summed E-state index contributed by atoms with van der Waals surface area (Å²) in [6.07, 6.45) is 5.38. The highest BCUT2D eigenvalue weighted by Gasteiger charge is 2.52. The fourth-order valence-electron chi connectivity index (χ4n) is 3.90. The van der Waals surface area contributed by atoms with E-state index in [1.807, 2.05) is 0 Å². The van der Waals surface area contributed by atoms with Crippen LogP contribution >= 0.6 is 0 Å². The molecule has 1 heterocycles. The predicted octanol–water partition coefficient (Wildman–Crippen LogP) is 2.68. The predicted molar refractivity (Wildman–Crippen MR) is 67.6 cm³/mol. The van der Waals surface area contributed by atoms with E-state index in [2.05, 4.69) is 26.5 Å². The van der Waals surface area contributed by atoms with Gasteiger partial charge in [-0.05, 0) is 36.3 Å². The van der Waals surface area contributed by atoms with Gasteiger partial charge in [0.1, 0.15) is 0 Å². The lowest BCUT2D eigenvalue weighted by Gasteiger charge is -2.29. The normalized spacial score (nSPS) is 43.9. The van der Waals surface area contributed by atoms with Crippen molar-refractivity contribution in [3.63, 3.8) is 0 Å². The van der Waals surface area contributed by atoms with Gasteiger partial charge in [0, 0.05) is 11.3 Å². The minimum atomic E-state index is -0.436. The van der Waals surface area contributed by atoms with Crippen LogP contribution in [0.2, 0.25) is 0 Å². The molecule has 0 bridgehead atoms. The van der Waals surface area contributed by atoms with Gasteiger partial charge in [0.15, 0.2) is 0 Å². The van der Waals surface area contributed by atoms with Crippen molar-refractivity contribution in [2.45, 2.75) is 45.3 Å². The van der Waals surface area contributed by atoms with Gasteiger partial charge in [0.05, 0.1) is 18.8 Å². The van der Waals surface area contributed by atoms with Gasteiger partial charge in [-0.2, -0.15) is 0 Å². The van der Waals surface area contributed by atoms with E-state index >= 15 is 0 Å². The third kappa shape index (κ3) is 1.61. The Labute approximate surface area is 103 Å². The largest absolute Gasteiger partial charge is 0.384 e. The lowest BCUT2D eigenvalue weighted by atomic mass is 9.76. The van der Waals surface area contributed by atoms with Crippen molar-refractivity contribution in [3.05, 3.63) is 23.8 Å². The van der Waals surface area contributed by atoms with Crippen LogP contribution in [-0.4, -0.2) is 23.9 Å². The summed E-state index contributed by atoms with van der Waals surface area (Å²) in [7, 11) is 0. The molecular formula is C15H22O2. The van der Waals surface area contributed by atoms with Gasteiger partial charge in [0.25, 0.3) is 0 Å². The number of hydrogen-bond acceptors (Lipinski definition) is 2. The van der Waals surface area contributed by atoms with Gasteiger partial charge in [-0.15, -0.1) is 0 Å². The smallest absolute Gasteiger partial charge is 0.0962 e. The molecule has 0 aromatic carbocycles. The zero-order valence-corrected chi connectivity index (χ0v) is 10.8. The summed E-state index contributed by atoms with van der Waals surface area (Å²) in [4.78, 5) is 0. The molecule has 1 saturated heterocycles. The van der Waals surface area contributed by atoms with E-state index in [9.17, 15) is 5.11 Å². The van der Waals surface area contributed by atoms with E-state index in [0.29, 0.717) is 11.8 Å². The Bertz CT molecular complexity index is 380. The van der Waals surface area contributed by atoms with Crippen LogP contribution in [0.4, 0.5) is 0 Å². The molecule has 0 aromatic heterocycles. The van der Waals surface area contributed by atoms with Crippen molar-refractivity contribution in [1.29, 1.82) is 0 Å². The van der Waals surface area contributed by atoms with E-state index < -0.39 is 6.10 Å². The van der Waals surface area contributed by atoms with Gasteiger partial charge in [0.2, 0.25) is 0 Å². The SMILES string of the molecule is C=C1CCC[C@@H]2CO[C@H]3[C@@H]2C(=CC3(C)C)[C@H]1O. The molecule has 0 amide bonds. The molecule has 0 radical (unpaired) electrons. The summed E-state index contributed by atoms with van der Waals surface area (Å²) in [5.74, 6) is 1.04. The second kappa shape index (κ2) is 3.69. The van der Waals surface area contributed by atoms with Crippen LogP contribution in [0.25, 0.3) is 0 Å². The maximum Gasteiger partial charge on any atom is 0.0962 e. The molecule has 3 rings (SSSR count). The zero-order valence-electron chi connectivity index (χ0n) is 10.8. The highest BCUT2D eigenvalue weighted by atomic mass is 16.5. The van der Waals surface area contributed by atoms with Gasteiger partial charge < -0.3 is 9.84 Å². The topological polar surface area (TPSA) is 29.5 Å². The monoisotopic (exact) mass is 234 g/mol. The zero-order chi connectivity index (χ0) is 12.2. The fraction of sp³-hybridized carbons (Fsp3) is 0.733. The van der Waals surface area contributed by atoms with E-state index in [0.717, 1.165) is 25.0 Å². The summed E-state index contributed by atoms with van der Waals surface area (Å²) >= 11 is 0. The first kappa shape index (κ1) is 11.5. The highest BCUT2D eigenvalue weighted by Crippen LogP contribution is 2.52. The third-order valence-electron chi connectivity index (χ3n) is 4.76. The number of hydrogen-bond donors (Lipinski definition) is 1. The Morgan fingerprint density at radius 1 is 1.47 bits per heavy atom. The molecule has 2 fully saturated rings. The minimum absolute atomic E-state index is 0.0559. The van der Waals surface area contributed by atoms with Crippen LogP contribution in [0, 0.1) is 17.3 Å². The van der Waals surface area contributed by atoms with Crippen molar-refractivity contribution in [3.8, 4) is 0 Å². The Kier molecular flexibility index (Phi) is 2.50. The van der Waals surface area contributed by atoms with Crippen LogP contribution in [0.3, 0.4) is 0 Å². The van der Waals surface area contributed by atoms with E-state index in [1.54, 1.807) is 0 Å². The van der Waals surface area contributed by atoms with E-state index in [-0.39, 0.29) is 11.5 Å². The molecular weight excluding hydrogens is 212 g/mol. The first-order chi connectivity index (χ1) is 8.00. The maximum absolute atomic E-state index is 10.4. The molecule has 3 aliphatic rings. The molecule has 1 N–H and O–H groups in total. The minimum Gasteiger partial charge on any atom is -0.384 e. The quantitative estimate of drug-likeness (QED) is 0.653. The van der Waals surface area contributed by atoms with Crippen LogP contribution in [0.15, 0.2) is 23.8 Å². The molecule has 2 nitrogen and oxygen atoms in total. The second-order valence-electron chi connectivity index (χ2n) is 6.46. The van der Waals surface area contributed by atoms with Crippen molar-refractivity contribution < 1.29 is 9.84 Å². The molecule has 2 heteroatoms. The molecule has 0 aromatic rings. The van der Waals surface area contributed by atoms with Gasteiger partial charge >= 0.3 is 0 Å². The number of aliphatic hydroxyl groups is 1. The molecule has 0 spiro atoms. The first-order valence-corrected chi connectivity index (χ1v) is 6.70. The number of ether oxygens (including phenoxy) is 1. The maximum atomic E-state index is 10.4. The molecule has 94 valence electrons. The summed E-state index contributed by atoms with van der Waals surface area (Å²) < 4.78 is 6.01. The van der Waals surface area contributed by atoms with E-state index in [4.69, 9.17) is 4.74 Å². The van der Waals surface area contributed by atoms with Crippen LogP contribution in [0.5, 0.6) is 0 Å². The van der Waals surface area contributed by atoms with Crippen molar-refractivity contribution in [2.24, 2.45) is 17.3 Å². The number of aliphatic hydroxyl groups excluding tert-OH is 1.